The molecule has 7 nitrogen and oxygen atoms in total. The van der Waals surface area contributed by atoms with Gasteiger partial charge in [0.1, 0.15) is 12.7 Å². The van der Waals surface area contributed by atoms with Crippen LogP contribution in [0.2, 0.25) is 0 Å². The highest BCUT2D eigenvalue weighted by molar-refractivity contribution is 5.89. The smallest absolute Gasteiger partial charge is 0.338 e. The molecule has 0 bridgehead atoms. The van der Waals surface area contributed by atoms with Gasteiger partial charge in [0, 0.05) is 12.1 Å². The fraction of sp³-hybridized carbons (Fsp3) is 0.300. The predicted octanol–water partition coefficient (Wildman–Crippen LogP) is 0.105. The molecule has 2 N–H and O–H groups in total. The number of hydrogen-bond donors (Lipinski definition) is 2. The van der Waals surface area contributed by atoms with Crippen molar-refractivity contribution in [3.8, 4) is 0 Å². The number of esters is 1. The number of nitro groups is 1. The van der Waals surface area contributed by atoms with E-state index in [1.165, 1.54) is 24.3 Å². The lowest BCUT2D eigenvalue weighted by Gasteiger charge is -2.08. The molecule has 0 fully saturated rings. The van der Waals surface area contributed by atoms with Crippen molar-refractivity contribution in [3.63, 3.8) is 0 Å². The lowest BCUT2D eigenvalue weighted by Crippen LogP contribution is -2.21. The Kier molecular flexibility index (Phi) is 4.56. The molecule has 0 unspecified atom stereocenters. The van der Waals surface area contributed by atoms with E-state index in [-0.39, 0.29) is 17.9 Å². The number of ether oxygens (including phenoxy) is 1. The van der Waals surface area contributed by atoms with Crippen molar-refractivity contribution in [1.82, 2.24) is 0 Å². The van der Waals surface area contributed by atoms with Crippen LogP contribution in [0.4, 0.5) is 5.69 Å². The molecule has 0 aliphatic carbocycles. The summed E-state index contributed by atoms with van der Waals surface area (Å²) in [7, 11) is 0. The Balaban J connectivity index is 2.61. The average Bonchev–Trinajstić information content (AvgIpc) is 2.35. The van der Waals surface area contributed by atoms with Gasteiger partial charge in [-0.1, -0.05) is 0 Å². The minimum Gasteiger partial charge on any atom is -0.459 e. The van der Waals surface area contributed by atoms with Crippen LogP contribution in [0.15, 0.2) is 24.3 Å². The molecule has 1 aromatic carbocycles. The molecule has 0 aliphatic rings. The van der Waals surface area contributed by atoms with Crippen LogP contribution >= 0.6 is 0 Å². The second kappa shape index (κ2) is 5.92. The summed E-state index contributed by atoms with van der Waals surface area (Å²) in [5.41, 5.74) is 0.0117. The van der Waals surface area contributed by atoms with Crippen molar-refractivity contribution >= 4 is 11.7 Å². The maximum atomic E-state index is 11.4. The fourth-order valence-corrected chi connectivity index (χ4v) is 1.03. The largest absolute Gasteiger partial charge is 0.459 e. The van der Waals surface area contributed by atoms with Crippen LogP contribution in [-0.2, 0) is 4.74 Å². The number of non-ortho nitro benzene ring substituents is 1. The molecule has 0 aliphatic heterocycles. The Morgan fingerprint density at radius 1 is 1.41 bits per heavy atom. The minimum atomic E-state index is -1.13. The number of aliphatic hydroxyl groups is 2. The van der Waals surface area contributed by atoms with Gasteiger partial charge in [-0.05, 0) is 12.1 Å². The van der Waals surface area contributed by atoms with E-state index in [4.69, 9.17) is 10.2 Å². The molecule has 0 heterocycles. The Bertz CT molecular complexity index is 402. The monoisotopic (exact) mass is 241 g/mol. The van der Waals surface area contributed by atoms with Gasteiger partial charge < -0.3 is 14.9 Å². The zero-order chi connectivity index (χ0) is 12.8. The summed E-state index contributed by atoms with van der Waals surface area (Å²) in [6, 6.07) is 4.87. The van der Waals surface area contributed by atoms with Gasteiger partial charge in [-0.25, -0.2) is 4.79 Å². The zero-order valence-electron chi connectivity index (χ0n) is 8.78. The second-order valence-electron chi connectivity index (χ2n) is 3.24. The van der Waals surface area contributed by atoms with Gasteiger partial charge in [0.25, 0.3) is 5.69 Å². The van der Waals surface area contributed by atoms with Crippen molar-refractivity contribution < 1.29 is 24.7 Å². The Morgan fingerprint density at radius 2 is 2.00 bits per heavy atom. The topological polar surface area (TPSA) is 110 Å². The summed E-state index contributed by atoms with van der Waals surface area (Å²) >= 11 is 0. The van der Waals surface area contributed by atoms with E-state index < -0.39 is 23.6 Å². The molecule has 7 heteroatoms. The molecule has 92 valence electrons. The van der Waals surface area contributed by atoms with E-state index in [1.54, 1.807) is 0 Å². The molecule has 0 amide bonds. The highest BCUT2D eigenvalue weighted by Crippen LogP contribution is 2.12. The molecule has 17 heavy (non-hydrogen) atoms. The van der Waals surface area contributed by atoms with E-state index in [2.05, 4.69) is 4.74 Å². The van der Waals surface area contributed by atoms with Crippen molar-refractivity contribution in [2.45, 2.75) is 6.10 Å². The van der Waals surface area contributed by atoms with Crippen molar-refractivity contribution in [2.75, 3.05) is 13.2 Å². The Labute approximate surface area is 96.4 Å². The number of hydrogen-bond acceptors (Lipinski definition) is 6. The van der Waals surface area contributed by atoms with E-state index in [9.17, 15) is 14.9 Å². The molecule has 1 atom stereocenters. The molecule has 0 saturated carbocycles. The van der Waals surface area contributed by atoms with Gasteiger partial charge in [-0.2, -0.15) is 0 Å². The van der Waals surface area contributed by atoms with Crippen LogP contribution in [0.25, 0.3) is 0 Å². The first kappa shape index (κ1) is 13.1. The molecular formula is C10H11NO6. The zero-order valence-corrected chi connectivity index (χ0v) is 8.78. The van der Waals surface area contributed by atoms with Crippen LogP contribution in [-0.4, -0.2) is 40.4 Å². The van der Waals surface area contributed by atoms with Gasteiger partial charge in [0.2, 0.25) is 0 Å². The number of rotatable bonds is 5. The standard InChI is InChI=1S/C10H11NO6/c12-5-9(13)6-17-10(14)7-1-3-8(4-2-7)11(15)16/h1-4,9,12-13H,5-6H2/t9-/m0/s1. The normalized spacial score (nSPS) is 11.9. The number of aliphatic hydroxyl groups excluding tert-OH is 2. The number of carbonyl (C=O) groups excluding carboxylic acids is 1. The molecule has 0 aromatic heterocycles. The maximum Gasteiger partial charge on any atom is 0.338 e. The van der Waals surface area contributed by atoms with Crippen LogP contribution in [0, 0.1) is 10.1 Å². The fourth-order valence-electron chi connectivity index (χ4n) is 1.03. The second-order valence-corrected chi connectivity index (χ2v) is 3.24. The van der Waals surface area contributed by atoms with Gasteiger partial charge in [-0.15, -0.1) is 0 Å². The summed E-state index contributed by atoms with van der Waals surface area (Å²) < 4.78 is 4.66. The summed E-state index contributed by atoms with van der Waals surface area (Å²) in [5.74, 6) is -0.715. The first-order chi connectivity index (χ1) is 8.04. The lowest BCUT2D eigenvalue weighted by molar-refractivity contribution is -0.384. The SMILES string of the molecule is O=C(OC[C@@H](O)CO)c1ccc([N+](=O)[O-])cc1. The van der Waals surface area contributed by atoms with E-state index in [0.29, 0.717) is 0 Å². The number of nitrogens with zero attached hydrogens (tertiary/aromatic N) is 1. The predicted molar refractivity (Wildman–Crippen MR) is 56.5 cm³/mol. The first-order valence-electron chi connectivity index (χ1n) is 4.75. The molecule has 0 radical (unpaired) electrons. The number of nitro benzene ring substituents is 1. The minimum absolute atomic E-state index is 0.128. The summed E-state index contributed by atoms with van der Waals surface area (Å²) in [6.07, 6.45) is -1.13. The molecule has 0 saturated heterocycles. The lowest BCUT2D eigenvalue weighted by atomic mass is 10.2. The van der Waals surface area contributed by atoms with Gasteiger partial charge in [-0.3, -0.25) is 10.1 Å². The van der Waals surface area contributed by atoms with Crippen molar-refractivity contribution in [3.05, 3.63) is 39.9 Å². The average molecular weight is 241 g/mol. The molecule has 1 aromatic rings. The van der Waals surface area contributed by atoms with E-state index in [1.807, 2.05) is 0 Å². The third-order valence-corrected chi connectivity index (χ3v) is 1.93. The Morgan fingerprint density at radius 3 is 2.47 bits per heavy atom. The van der Waals surface area contributed by atoms with Crippen molar-refractivity contribution in [1.29, 1.82) is 0 Å². The van der Waals surface area contributed by atoms with Crippen molar-refractivity contribution in [2.24, 2.45) is 0 Å². The van der Waals surface area contributed by atoms with E-state index in [0.717, 1.165) is 0 Å². The number of benzene rings is 1. The van der Waals surface area contributed by atoms with E-state index >= 15 is 0 Å². The summed E-state index contributed by atoms with van der Waals surface area (Å²) in [4.78, 5) is 21.1. The quantitative estimate of drug-likeness (QED) is 0.430. The van der Waals surface area contributed by atoms with Crippen LogP contribution in [0.1, 0.15) is 10.4 Å². The third kappa shape index (κ3) is 3.82. The maximum absolute atomic E-state index is 11.4. The molecular weight excluding hydrogens is 230 g/mol. The highest BCUT2D eigenvalue weighted by Gasteiger charge is 2.12. The van der Waals surface area contributed by atoms with Crippen LogP contribution < -0.4 is 0 Å². The number of carbonyl (C=O) groups is 1. The summed E-state index contributed by atoms with van der Waals surface area (Å²) in [6.45, 7) is -0.833. The first-order valence-corrected chi connectivity index (χ1v) is 4.75. The third-order valence-electron chi connectivity index (χ3n) is 1.93. The van der Waals surface area contributed by atoms with Crippen LogP contribution in [0.3, 0.4) is 0 Å². The van der Waals surface area contributed by atoms with Crippen LogP contribution in [0.5, 0.6) is 0 Å². The Hall–Kier alpha value is -1.99. The molecule has 1 rings (SSSR count). The van der Waals surface area contributed by atoms with Gasteiger partial charge in [0.15, 0.2) is 0 Å². The molecule has 0 spiro atoms. The van der Waals surface area contributed by atoms with Gasteiger partial charge >= 0.3 is 5.97 Å². The highest BCUT2D eigenvalue weighted by atomic mass is 16.6. The van der Waals surface area contributed by atoms with Gasteiger partial charge in [0.05, 0.1) is 17.1 Å². The summed E-state index contributed by atoms with van der Waals surface area (Å²) in [5, 5.41) is 27.8.